The fraction of sp³-hybridized carbons (Fsp3) is 0.350. The molecule has 0 saturated carbocycles. The Morgan fingerprint density at radius 2 is 1.81 bits per heavy atom. The van der Waals surface area contributed by atoms with Gasteiger partial charge in [0.2, 0.25) is 0 Å². The van der Waals surface area contributed by atoms with Gasteiger partial charge in [-0.2, -0.15) is 0 Å². The largest absolute Gasteiger partial charge is 0.495 e. The van der Waals surface area contributed by atoms with Crippen molar-refractivity contribution in [3.8, 4) is 11.5 Å². The number of hydrogen-bond donors (Lipinski definition) is 2. The zero-order valence-corrected chi connectivity index (χ0v) is 15.6. The number of hydrogen-bond acceptors (Lipinski definition) is 5. The predicted octanol–water partition coefficient (Wildman–Crippen LogP) is 3.25. The van der Waals surface area contributed by atoms with Crippen molar-refractivity contribution < 1.29 is 14.3 Å². The molecule has 0 aliphatic carbocycles. The standard InChI is InChI=1S/C20H27N3O3/c1-4-23(5-2)12-13-26-17-9-6-15(7-10-17)20(24)22-16-8-11-19(25-3)18(21)14-16/h6-11,14H,4-5,12-13,21H2,1-3H3,(H,22,24). The molecule has 6 nitrogen and oxygen atoms in total. The van der Waals surface area contributed by atoms with Gasteiger partial charge in [0, 0.05) is 17.8 Å². The summed E-state index contributed by atoms with van der Waals surface area (Å²) in [5, 5.41) is 2.82. The number of anilines is 2. The first-order valence-electron chi connectivity index (χ1n) is 8.77. The molecule has 2 aromatic rings. The summed E-state index contributed by atoms with van der Waals surface area (Å²) in [6.07, 6.45) is 0. The Labute approximate surface area is 154 Å². The number of ether oxygens (including phenoxy) is 2. The maximum absolute atomic E-state index is 12.3. The van der Waals surface area contributed by atoms with E-state index >= 15 is 0 Å². The fourth-order valence-electron chi connectivity index (χ4n) is 2.55. The van der Waals surface area contributed by atoms with E-state index in [-0.39, 0.29) is 5.91 Å². The molecule has 0 saturated heterocycles. The van der Waals surface area contributed by atoms with Crippen LogP contribution in [-0.4, -0.2) is 44.2 Å². The topological polar surface area (TPSA) is 76.8 Å². The van der Waals surface area contributed by atoms with E-state index in [9.17, 15) is 4.79 Å². The van der Waals surface area contributed by atoms with E-state index in [1.165, 1.54) is 0 Å². The van der Waals surface area contributed by atoms with Crippen LogP contribution >= 0.6 is 0 Å². The summed E-state index contributed by atoms with van der Waals surface area (Å²) in [7, 11) is 1.55. The number of likely N-dealkylation sites (N-methyl/N-ethyl adjacent to an activating group) is 1. The van der Waals surface area contributed by atoms with Crippen LogP contribution < -0.4 is 20.5 Å². The Bertz CT molecular complexity index is 713. The number of nitrogens with two attached hydrogens (primary N) is 1. The number of rotatable bonds is 9. The second-order valence-electron chi connectivity index (χ2n) is 5.81. The summed E-state index contributed by atoms with van der Waals surface area (Å²) in [5.41, 5.74) is 7.50. The van der Waals surface area contributed by atoms with Gasteiger partial charge in [-0.25, -0.2) is 0 Å². The number of carbonyl (C=O) groups excluding carboxylic acids is 1. The third-order valence-corrected chi connectivity index (χ3v) is 4.17. The number of benzene rings is 2. The first kappa shape index (κ1) is 19.6. The highest BCUT2D eigenvalue weighted by Gasteiger charge is 2.08. The molecule has 0 aliphatic heterocycles. The summed E-state index contributed by atoms with van der Waals surface area (Å²) < 4.78 is 10.8. The van der Waals surface area contributed by atoms with Crippen LogP contribution in [0.1, 0.15) is 24.2 Å². The minimum absolute atomic E-state index is 0.204. The first-order chi connectivity index (χ1) is 12.6. The Kier molecular flexibility index (Phi) is 7.29. The maximum atomic E-state index is 12.3. The van der Waals surface area contributed by atoms with E-state index in [4.69, 9.17) is 15.2 Å². The van der Waals surface area contributed by atoms with E-state index in [1.807, 2.05) is 0 Å². The Morgan fingerprint density at radius 3 is 2.38 bits per heavy atom. The second-order valence-corrected chi connectivity index (χ2v) is 5.81. The Balaban J connectivity index is 1.91. The molecule has 0 spiro atoms. The number of nitrogens with zero attached hydrogens (tertiary/aromatic N) is 1. The molecule has 0 aliphatic rings. The summed E-state index contributed by atoms with van der Waals surface area (Å²) in [4.78, 5) is 14.6. The number of nitrogen functional groups attached to an aromatic ring is 1. The van der Waals surface area contributed by atoms with Crippen LogP contribution in [0.3, 0.4) is 0 Å². The molecular weight excluding hydrogens is 330 g/mol. The van der Waals surface area contributed by atoms with Crippen LogP contribution in [-0.2, 0) is 0 Å². The number of amides is 1. The molecule has 0 fully saturated rings. The van der Waals surface area contributed by atoms with Gasteiger partial charge in [-0.3, -0.25) is 4.79 Å². The molecule has 140 valence electrons. The number of nitrogens with one attached hydrogen (secondary N) is 1. The van der Waals surface area contributed by atoms with Crippen LogP contribution in [0.4, 0.5) is 11.4 Å². The average molecular weight is 357 g/mol. The van der Waals surface area contributed by atoms with Crippen LogP contribution in [0.15, 0.2) is 42.5 Å². The zero-order chi connectivity index (χ0) is 18.9. The van der Waals surface area contributed by atoms with Crippen LogP contribution in [0.25, 0.3) is 0 Å². The molecule has 26 heavy (non-hydrogen) atoms. The van der Waals surface area contributed by atoms with Crippen LogP contribution in [0, 0.1) is 0 Å². The van der Waals surface area contributed by atoms with Gasteiger partial charge in [0.25, 0.3) is 5.91 Å². The van der Waals surface area contributed by atoms with Gasteiger partial charge in [0.1, 0.15) is 18.1 Å². The van der Waals surface area contributed by atoms with Crippen molar-refractivity contribution in [3.05, 3.63) is 48.0 Å². The molecule has 3 N–H and O–H groups in total. The fourth-order valence-corrected chi connectivity index (χ4v) is 2.55. The molecule has 0 atom stereocenters. The third-order valence-electron chi connectivity index (χ3n) is 4.17. The van der Waals surface area contributed by atoms with Crippen molar-refractivity contribution in [3.63, 3.8) is 0 Å². The molecular formula is C20H27N3O3. The highest BCUT2D eigenvalue weighted by Crippen LogP contribution is 2.25. The normalized spacial score (nSPS) is 10.6. The smallest absolute Gasteiger partial charge is 0.255 e. The molecule has 2 rings (SSSR count). The first-order valence-corrected chi connectivity index (χ1v) is 8.77. The molecule has 0 radical (unpaired) electrons. The maximum Gasteiger partial charge on any atom is 0.255 e. The third kappa shape index (κ3) is 5.39. The molecule has 0 heterocycles. The monoisotopic (exact) mass is 357 g/mol. The van der Waals surface area contributed by atoms with Crippen molar-refractivity contribution in [1.29, 1.82) is 0 Å². The highest BCUT2D eigenvalue weighted by molar-refractivity contribution is 6.04. The minimum Gasteiger partial charge on any atom is -0.495 e. The summed E-state index contributed by atoms with van der Waals surface area (Å²) in [5.74, 6) is 1.13. The summed E-state index contributed by atoms with van der Waals surface area (Å²) in [6, 6.07) is 12.2. The Morgan fingerprint density at radius 1 is 1.12 bits per heavy atom. The van der Waals surface area contributed by atoms with Gasteiger partial charge < -0.3 is 25.4 Å². The van der Waals surface area contributed by atoms with E-state index in [2.05, 4.69) is 24.1 Å². The highest BCUT2D eigenvalue weighted by atomic mass is 16.5. The quantitative estimate of drug-likeness (QED) is 0.674. The van der Waals surface area contributed by atoms with Crippen molar-refractivity contribution in [2.24, 2.45) is 0 Å². The van der Waals surface area contributed by atoms with Crippen molar-refractivity contribution >= 4 is 17.3 Å². The SMILES string of the molecule is CCN(CC)CCOc1ccc(C(=O)Nc2ccc(OC)c(N)c2)cc1. The van der Waals surface area contributed by atoms with Gasteiger partial charge in [-0.1, -0.05) is 13.8 Å². The van der Waals surface area contributed by atoms with E-state index < -0.39 is 0 Å². The van der Waals surface area contributed by atoms with Crippen molar-refractivity contribution in [1.82, 2.24) is 4.90 Å². The molecule has 0 bridgehead atoms. The molecule has 6 heteroatoms. The van der Waals surface area contributed by atoms with Crippen molar-refractivity contribution in [2.45, 2.75) is 13.8 Å². The summed E-state index contributed by atoms with van der Waals surface area (Å²) >= 11 is 0. The molecule has 1 amide bonds. The van der Waals surface area contributed by atoms with E-state index in [1.54, 1.807) is 49.6 Å². The lowest BCUT2D eigenvalue weighted by molar-refractivity contribution is 0.102. The van der Waals surface area contributed by atoms with Gasteiger partial charge >= 0.3 is 0 Å². The van der Waals surface area contributed by atoms with Gasteiger partial charge in [-0.15, -0.1) is 0 Å². The minimum atomic E-state index is -0.204. The van der Waals surface area contributed by atoms with E-state index in [0.717, 1.165) is 25.4 Å². The number of methoxy groups -OCH3 is 1. The van der Waals surface area contributed by atoms with Crippen molar-refractivity contribution in [2.75, 3.05) is 44.4 Å². The Hall–Kier alpha value is -2.73. The van der Waals surface area contributed by atoms with Crippen LogP contribution in [0.2, 0.25) is 0 Å². The zero-order valence-electron chi connectivity index (χ0n) is 15.6. The van der Waals surface area contributed by atoms with Gasteiger partial charge in [-0.05, 0) is 55.6 Å². The lowest BCUT2D eigenvalue weighted by atomic mass is 10.2. The van der Waals surface area contributed by atoms with Gasteiger partial charge in [0.05, 0.1) is 12.8 Å². The summed E-state index contributed by atoms with van der Waals surface area (Å²) in [6.45, 7) is 7.79. The lowest BCUT2D eigenvalue weighted by Crippen LogP contribution is -2.27. The average Bonchev–Trinajstić information content (AvgIpc) is 2.66. The molecule has 0 unspecified atom stereocenters. The van der Waals surface area contributed by atoms with Crippen LogP contribution in [0.5, 0.6) is 11.5 Å². The predicted molar refractivity (Wildman–Crippen MR) is 105 cm³/mol. The second kappa shape index (κ2) is 9.68. The van der Waals surface area contributed by atoms with E-state index in [0.29, 0.717) is 29.3 Å². The number of carbonyl (C=O) groups is 1. The lowest BCUT2D eigenvalue weighted by Gasteiger charge is -2.18. The van der Waals surface area contributed by atoms with Gasteiger partial charge in [0.15, 0.2) is 0 Å². The molecule has 0 aromatic heterocycles. The molecule has 2 aromatic carbocycles.